The summed E-state index contributed by atoms with van der Waals surface area (Å²) in [6.07, 6.45) is -0.268. The van der Waals surface area contributed by atoms with Crippen molar-refractivity contribution in [1.82, 2.24) is 10.6 Å². The van der Waals surface area contributed by atoms with Crippen molar-refractivity contribution in [2.75, 3.05) is 26.6 Å². The Labute approximate surface area is 193 Å². The first kappa shape index (κ1) is 27.2. The highest BCUT2D eigenvalue weighted by atomic mass is 31.2. The minimum absolute atomic E-state index is 0.0279. The molecule has 2 N–H and O–H groups in total. The summed E-state index contributed by atoms with van der Waals surface area (Å²) in [5.41, 5.74) is -1.62. The molecule has 0 unspecified atom stereocenters. The van der Waals surface area contributed by atoms with Gasteiger partial charge < -0.3 is 20.1 Å². The average molecular weight is 492 g/mol. The number of amides is 2. The lowest BCUT2D eigenvalue weighted by Crippen LogP contribution is -2.50. The zero-order valence-corrected chi connectivity index (χ0v) is 20.5. The SMILES string of the molecule is CC(C)(C)C(=O)OCO[P@@]1(=O)OCC(C)(C)[C@H](C(=O)NCCC(=O)OC[C@@H]2CCC(=O)N2)O1. The summed E-state index contributed by atoms with van der Waals surface area (Å²) in [5.74, 6) is -1.77. The standard InChI is InChI=1S/C20H33N2O10P/c1-19(2,3)18(26)29-12-31-33(27)30-11-20(4,5)16(32-33)17(25)21-9-8-15(24)28-10-13-6-7-14(23)22-13/h13,16H,6-12H2,1-5H3,(H,21,25)(H,22,23)/t13-,16-,33+/m0/s1. The highest BCUT2D eigenvalue weighted by Gasteiger charge is 2.49. The number of esters is 2. The lowest BCUT2D eigenvalue weighted by Gasteiger charge is -2.39. The molecule has 0 aliphatic carbocycles. The molecule has 2 aliphatic heterocycles. The van der Waals surface area contributed by atoms with E-state index in [9.17, 15) is 23.7 Å². The molecule has 0 aromatic carbocycles. The highest BCUT2D eigenvalue weighted by molar-refractivity contribution is 7.48. The smallest absolute Gasteiger partial charge is 0.463 e. The van der Waals surface area contributed by atoms with Crippen molar-refractivity contribution in [3.63, 3.8) is 0 Å². The van der Waals surface area contributed by atoms with Crippen LogP contribution in [0, 0.1) is 10.8 Å². The van der Waals surface area contributed by atoms with Crippen molar-refractivity contribution in [3.05, 3.63) is 0 Å². The van der Waals surface area contributed by atoms with Crippen LogP contribution in [0.2, 0.25) is 0 Å². The van der Waals surface area contributed by atoms with Crippen molar-refractivity contribution < 1.29 is 46.8 Å². The van der Waals surface area contributed by atoms with E-state index in [1.807, 2.05) is 0 Å². The second-order valence-electron chi connectivity index (χ2n) is 9.65. The van der Waals surface area contributed by atoms with E-state index in [0.29, 0.717) is 12.8 Å². The minimum Gasteiger partial charge on any atom is -0.463 e. The Kier molecular flexibility index (Phi) is 9.03. The molecule has 0 bridgehead atoms. The third kappa shape index (κ3) is 8.37. The Hall–Kier alpha value is -2.01. The molecule has 13 heteroatoms. The van der Waals surface area contributed by atoms with Crippen LogP contribution < -0.4 is 10.6 Å². The van der Waals surface area contributed by atoms with Gasteiger partial charge in [-0.15, -0.1) is 0 Å². The molecule has 2 saturated heterocycles. The van der Waals surface area contributed by atoms with Gasteiger partial charge in [0.05, 0.1) is 24.5 Å². The number of phosphoric ester groups is 1. The fraction of sp³-hybridized carbons (Fsp3) is 0.800. The molecule has 2 aliphatic rings. The van der Waals surface area contributed by atoms with Crippen LogP contribution in [0.15, 0.2) is 0 Å². The normalized spacial score (nSPS) is 26.9. The molecule has 33 heavy (non-hydrogen) atoms. The maximum Gasteiger partial charge on any atom is 0.478 e. The molecule has 12 nitrogen and oxygen atoms in total. The number of hydrogen-bond donors (Lipinski definition) is 2. The van der Waals surface area contributed by atoms with E-state index in [-0.39, 0.29) is 38.1 Å². The Morgan fingerprint density at radius 1 is 1.24 bits per heavy atom. The number of phosphoric acid groups is 1. The lowest BCUT2D eigenvalue weighted by atomic mass is 9.87. The number of carbonyl (C=O) groups excluding carboxylic acids is 4. The monoisotopic (exact) mass is 492 g/mol. The predicted molar refractivity (Wildman–Crippen MR) is 113 cm³/mol. The number of ether oxygens (including phenoxy) is 2. The van der Waals surface area contributed by atoms with Gasteiger partial charge >= 0.3 is 19.8 Å². The molecule has 3 atom stereocenters. The van der Waals surface area contributed by atoms with E-state index in [4.69, 9.17) is 23.0 Å². The molecule has 0 radical (unpaired) electrons. The third-order valence-corrected chi connectivity index (χ3v) is 6.29. The summed E-state index contributed by atoms with van der Waals surface area (Å²) >= 11 is 0. The first-order valence-corrected chi connectivity index (χ1v) is 12.2. The molecular weight excluding hydrogens is 459 g/mol. The zero-order valence-electron chi connectivity index (χ0n) is 19.6. The molecule has 0 spiro atoms. The Morgan fingerprint density at radius 2 is 1.94 bits per heavy atom. The molecule has 2 heterocycles. The third-order valence-electron chi connectivity index (χ3n) is 4.95. The van der Waals surface area contributed by atoms with Gasteiger partial charge in [0.25, 0.3) is 0 Å². The van der Waals surface area contributed by atoms with Crippen LogP contribution in [-0.4, -0.2) is 62.5 Å². The summed E-state index contributed by atoms with van der Waals surface area (Å²) in [7, 11) is -4.16. The van der Waals surface area contributed by atoms with Crippen LogP contribution in [0.4, 0.5) is 0 Å². The van der Waals surface area contributed by atoms with Gasteiger partial charge in [-0.25, -0.2) is 9.09 Å². The van der Waals surface area contributed by atoms with E-state index < -0.39 is 49.4 Å². The van der Waals surface area contributed by atoms with Gasteiger partial charge in [0.2, 0.25) is 18.6 Å². The van der Waals surface area contributed by atoms with E-state index in [1.165, 1.54) is 0 Å². The van der Waals surface area contributed by atoms with Gasteiger partial charge in [-0.1, -0.05) is 13.8 Å². The van der Waals surface area contributed by atoms with Crippen LogP contribution >= 0.6 is 7.82 Å². The van der Waals surface area contributed by atoms with Crippen LogP contribution in [0.5, 0.6) is 0 Å². The molecule has 0 aromatic rings. The quantitative estimate of drug-likeness (QED) is 0.274. The number of rotatable bonds is 9. The van der Waals surface area contributed by atoms with Gasteiger partial charge in [-0.3, -0.25) is 28.2 Å². The molecule has 2 amide bonds. The lowest BCUT2D eigenvalue weighted by molar-refractivity contribution is -0.163. The average Bonchev–Trinajstić information content (AvgIpc) is 3.13. The molecule has 188 valence electrons. The molecule has 2 fully saturated rings. The number of hydrogen-bond acceptors (Lipinski definition) is 10. The van der Waals surface area contributed by atoms with Gasteiger partial charge in [0.1, 0.15) is 6.61 Å². The summed E-state index contributed by atoms with van der Waals surface area (Å²) in [6.45, 7) is 7.60. The van der Waals surface area contributed by atoms with Crippen molar-refractivity contribution in [2.45, 2.75) is 66.0 Å². The largest absolute Gasteiger partial charge is 0.478 e. The van der Waals surface area contributed by atoms with E-state index in [1.54, 1.807) is 34.6 Å². The topological polar surface area (TPSA) is 156 Å². The Balaban J connectivity index is 1.79. The van der Waals surface area contributed by atoms with Gasteiger partial charge in [-0.05, 0) is 27.2 Å². The van der Waals surface area contributed by atoms with Crippen molar-refractivity contribution >= 4 is 31.6 Å². The fourth-order valence-electron chi connectivity index (χ4n) is 2.90. The van der Waals surface area contributed by atoms with Crippen LogP contribution in [0.25, 0.3) is 0 Å². The maximum absolute atomic E-state index is 12.7. The summed E-state index contributed by atoms with van der Waals surface area (Å²) < 4.78 is 38.3. The molecule has 0 aromatic heterocycles. The molecular formula is C20H33N2O10P. The summed E-state index contributed by atoms with van der Waals surface area (Å²) in [6, 6.07) is -0.190. The van der Waals surface area contributed by atoms with E-state index in [2.05, 4.69) is 10.6 Å². The van der Waals surface area contributed by atoms with Crippen LogP contribution in [0.3, 0.4) is 0 Å². The maximum atomic E-state index is 12.7. The Bertz CT molecular complexity index is 807. The van der Waals surface area contributed by atoms with Crippen molar-refractivity contribution in [2.24, 2.45) is 10.8 Å². The van der Waals surface area contributed by atoms with Crippen LogP contribution in [0.1, 0.15) is 53.9 Å². The first-order chi connectivity index (χ1) is 15.2. The zero-order chi connectivity index (χ0) is 24.9. The second-order valence-corrected chi connectivity index (χ2v) is 11.3. The summed E-state index contributed by atoms with van der Waals surface area (Å²) in [5, 5.41) is 5.24. The number of carbonyl (C=O) groups is 4. The van der Waals surface area contributed by atoms with Gasteiger partial charge in [0, 0.05) is 18.4 Å². The minimum atomic E-state index is -4.16. The Morgan fingerprint density at radius 3 is 2.55 bits per heavy atom. The summed E-state index contributed by atoms with van der Waals surface area (Å²) in [4.78, 5) is 47.5. The fourth-order valence-corrected chi connectivity index (χ4v) is 4.41. The van der Waals surface area contributed by atoms with Gasteiger partial charge in [0.15, 0.2) is 6.10 Å². The van der Waals surface area contributed by atoms with Gasteiger partial charge in [-0.2, -0.15) is 0 Å². The molecule has 2 rings (SSSR count). The van der Waals surface area contributed by atoms with E-state index >= 15 is 0 Å². The predicted octanol–water partition coefficient (Wildman–Crippen LogP) is 1.43. The molecule has 0 saturated carbocycles. The van der Waals surface area contributed by atoms with Crippen molar-refractivity contribution in [3.8, 4) is 0 Å². The highest BCUT2D eigenvalue weighted by Crippen LogP contribution is 2.57. The van der Waals surface area contributed by atoms with Crippen LogP contribution in [-0.2, 0) is 46.8 Å². The second kappa shape index (κ2) is 10.9. The number of nitrogens with one attached hydrogen (secondary N) is 2. The van der Waals surface area contributed by atoms with Crippen molar-refractivity contribution in [1.29, 1.82) is 0 Å². The first-order valence-electron chi connectivity index (χ1n) is 10.7. The van der Waals surface area contributed by atoms with E-state index in [0.717, 1.165) is 0 Å².